The largest absolute Gasteiger partial charge is 0.493 e. The van der Waals surface area contributed by atoms with Gasteiger partial charge in [0, 0.05) is 49.5 Å². The summed E-state index contributed by atoms with van der Waals surface area (Å²) in [4.78, 5) is 28.3. The first-order valence-electron chi connectivity index (χ1n) is 10.8. The molecule has 33 heavy (non-hydrogen) atoms. The first kappa shape index (κ1) is 24.7. The second-order valence-electron chi connectivity index (χ2n) is 7.74. The monoisotopic (exact) mass is 476 g/mol. The molecule has 1 saturated heterocycles. The molecule has 2 aromatic rings. The van der Waals surface area contributed by atoms with Crippen LogP contribution in [0.3, 0.4) is 0 Å². The van der Waals surface area contributed by atoms with Gasteiger partial charge in [-0.05, 0) is 55.3 Å². The molecule has 0 spiro atoms. The molecule has 1 atom stereocenters. The normalized spacial score (nSPS) is 15.7. The summed E-state index contributed by atoms with van der Waals surface area (Å²) in [7, 11) is 3.17. The van der Waals surface area contributed by atoms with E-state index in [0.29, 0.717) is 66.8 Å². The first-order valence-corrected chi connectivity index (χ1v) is 11.2. The zero-order valence-corrected chi connectivity index (χ0v) is 19.6. The second-order valence-corrected chi connectivity index (χ2v) is 8.17. The van der Waals surface area contributed by atoms with E-state index in [1.807, 2.05) is 0 Å². The van der Waals surface area contributed by atoms with Crippen molar-refractivity contribution in [2.45, 2.75) is 25.3 Å². The minimum Gasteiger partial charge on any atom is -0.493 e. The first-order chi connectivity index (χ1) is 15.9. The third-order valence-electron chi connectivity index (χ3n) is 5.52. The van der Waals surface area contributed by atoms with Gasteiger partial charge < -0.3 is 29.1 Å². The average Bonchev–Trinajstić information content (AvgIpc) is 2.83. The zero-order chi connectivity index (χ0) is 23.8. The third-order valence-corrected chi connectivity index (χ3v) is 5.77. The van der Waals surface area contributed by atoms with Gasteiger partial charge in [-0.3, -0.25) is 4.79 Å². The maximum absolute atomic E-state index is 13.7. The summed E-state index contributed by atoms with van der Waals surface area (Å²) in [5.74, 6) is 0.738. The van der Waals surface area contributed by atoms with E-state index >= 15 is 0 Å². The summed E-state index contributed by atoms with van der Waals surface area (Å²) in [5.41, 5.74) is 1.07. The Morgan fingerprint density at radius 1 is 1.12 bits per heavy atom. The summed E-state index contributed by atoms with van der Waals surface area (Å²) in [6.07, 6.45) is 1.07. The molecule has 0 saturated carbocycles. The Labute approximate surface area is 198 Å². The highest BCUT2D eigenvalue weighted by molar-refractivity contribution is 6.30. The van der Waals surface area contributed by atoms with E-state index < -0.39 is 6.09 Å². The number of carbonyl (C=O) groups excluding carboxylic acids is 1. The van der Waals surface area contributed by atoms with Crippen molar-refractivity contribution in [1.82, 2.24) is 4.90 Å². The molecule has 2 amide bonds. The molecule has 1 N–H and O–H groups in total. The SMILES string of the molecule is COCCCOc1cc(C(=O)N(c2ccc(Cl)cc2)[C@@H]2CCCN(C(=O)O)C2)ccc1OC. The number of carbonyl (C=O) groups is 2. The lowest BCUT2D eigenvalue weighted by molar-refractivity contribution is 0.0942. The van der Waals surface area contributed by atoms with Crippen LogP contribution in [-0.2, 0) is 4.74 Å². The Morgan fingerprint density at radius 3 is 2.55 bits per heavy atom. The Kier molecular flexibility index (Phi) is 8.79. The van der Waals surface area contributed by atoms with Gasteiger partial charge in [-0.1, -0.05) is 11.6 Å². The van der Waals surface area contributed by atoms with E-state index in [4.69, 9.17) is 25.8 Å². The van der Waals surface area contributed by atoms with Crippen molar-refractivity contribution in [1.29, 1.82) is 0 Å². The zero-order valence-electron chi connectivity index (χ0n) is 18.8. The number of rotatable bonds is 9. The van der Waals surface area contributed by atoms with Gasteiger partial charge in [0.05, 0.1) is 19.8 Å². The number of benzene rings is 2. The Bertz CT molecular complexity index is 952. The minimum atomic E-state index is -0.987. The van der Waals surface area contributed by atoms with Crippen LogP contribution < -0.4 is 14.4 Å². The maximum Gasteiger partial charge on any atom is 0.407 e. The van der Waals surface area contributed by atoms with Gasteiger partial charge in [-0.15, -0.1) is 0 Å². The van der Waals surface area contributed by atoms with Crippen LogP contribution in [0.4, 0.5) is 10.5 Å². The standard InChI is InChI=1S/C24H29ClN2O6/c1-31-13-4-14-33-22-15-17(6-11-21(22)32-2)23(28)27(19-9-7-18(25)8-10-19)20-5-3-12-26(16-20)24(29)30/h6-11,15,20H,3-5,12-14,16H2,1-2H3,(H,29,30)/t20-/m1/s1. The summed E-state index contributed by atoms with van der Waals surface area (Å²) < 4.78 is 16.3. The molecule has 1 aliphatic rings. The number of nitrogens with zero attached hydrogens (tertiary/aromatic N) is 2. The summed E-state index contributed by atoms with van der Waals surface area (Å²) in [5, 5.41) is 10.0. The maximum atomic E-state index is 13.7. The summed E-state index contributed by atoms with van der Waals surface area (Å²) >= 11 is 6.06. The highest BCUT2D eigenvalue weighted by Crippen LogP contribution is 2.31. The van der Waals surface area contributed by atoms with Gasteiger partial charge in [-0.2, -0.15) is 0 Å². The number of ether oxygens (including phenoxy) is 3. The van der Waals surface area contributed by atoms with E-state index in [2.05, 4.69) is 0 Å². The average molecular weight is 477 g/mol. The molecular formula is C24H29ClN2O6. The lowest BCUT2D eigenvalue weighted by Crippen LogP contribution is -2.51. The molecule has 3 rings (SSSR count). The molecule has 1 fully saturated rings. The number of piperidine rings is 1. The molecule has 178 valence electrons. The van der Waals surface area contributed by atoms with Crippen LogP contribution >= 0.6 is 11.6 Å². The number of hydrogen-bond acceptors (Lipinski definition) is 5. The summed E-state index contributed by atoms with van der Waals surface area (Å²) in [6, 6.07) is 11.7. The Balaban J connectivity index is 1.92. The fourth-order valence-corrected chi connectivity index (χ4v) is 4.01. The van der Waals surface area contributed by atoms with Crippen LogP contribution in [0.2, 0.25) is 5.02 Å². The van der Waals surface area contributed by atoms with Gasteiger partial charge in [0.15, 0.2) is 11.5 Å². The van der Waals surface area contributed by atoms with E-state index in [-0.39, 0.29) is 18.5 Å². The second kappa shape index (κ2) is 11.8. The number of hydrogen-bond donors (Lipinski definition) is 1. The number of halogens is 1. The van der Waals surface area contributed by atoms with Gasteiger partial charge in [0.1, 0.15) is 0 Å². The molecule has 0 unspecified atom stereocenters. The van der Waals surface area contributed by atoms with Crippen LogP contribution in [-0.4, -0.2) is 68.6 Å². The molecule has 0 aromatic heterocycles. The highest BCUT2D eigenvalue weighted by atomic mass is 35.5. The molecular weight excluding hydrogens is 448 g/mol. The Hall–Kier alpha value is -2.97. The molecule has 9 heteroatoms. The van der Waals surface area contributed by atoms with Gasteiger partial charge in [0.25, 0.3) is 5.91 Å². The van der Waals surface area contributed by atoms with Crippen LogP contribution in [0, 0.1) is 0 Å². The van der Waals surface area contributed by atoms with Crippen molar-refractivity contribution in [3.05, 3.63) is 53.1 Å². The van der Waals surface area contributed by atoms with Gasteiger partial charge in [-0.25, -0.2) is 4.79 Å². The molecule has 0 radical (unpaired) electrons. The molecule has 8 nitrogen and oxygen atoms in total. The number of carboxylic acid groups (broad SMARTS) is 1. The van der Waals surface area contributed by atoms with Crippen molar-refractivity contribution < 1.29 is 28.9 Å². The predicted molar refractivity (Wildman–Crippen MR) is 126 cm³/mol. The topological polar surface area (TPSA) is 88.5 Å². The lowest BCUT2D eigenvalue weighted by atomic mass is 10.0. The van der Waals surface area contributed by atoms with Crippen molar-refractivity contribution in [2.75, 3.05) is 45.4 Å². The highest BCUT2D eigenvalue weighted by Gasteiger charge is 2.32. The number of amides is 2. The van der Waals surface area contributed by atoms with Crippen molar-refractivity contribution in [3.63, 3.8) is 0 Å². The molecule has 0 aliphatic carbocycles. The summed E-state index contributed by atoms with van der Waals surface area (Å²) in [6.45, 7) is 1.67. The lowest BCUT2D eigenvalue weighted by Gasteiger charge is -2.38. The molecule has 0 bridgehead atoms. The minimum absolute atomic E-state index is 0.236. The van der Waals surface area contributed by atoms with Crippen LogP contribution in [0.25, 0.3) is 0 Å². The number of methoxy groups -OCH3 is 2. The van der Waals surface area contributed by atoms with Crippen LogP contribution in [0.5, 0.6) is 11.5 Å². The predicted octanol–water partition coefficient (Wildman–Crippen LogP) is 4.55. The van der Waals surface area contributed by atoms with E-state index in [1.54, 1.807) is 61.6 Å². The smallest absolute Gasteiger partial charge is 0.407 e. The number of anilines is 1. The Morgan fingerprint density at radius 2 is 1.88 bits per heavy atom. The van der Waals surface area contributed by atoms with Gasteiger partial charge >= 0.3 is 6.09 Å². The van der Waals surface area contributed by atoms with E-state index in [1.165, 1.54) is 4.90 Å². The third kappa shape index (κ3) is 6.30. The van der Waals surface area contributed by atoms with Crippen LogP contribution in [0.1, 0.15) is 29.6 Å². The number of likely N-dealkylation sites (tertiary alicyclic amines) is 1. The van der Waals surface area contributed by atoms with Crippen LogP contribution in [0.15, 0.2) is 42.5 Å². The van der Waals surface area contributed by atoms with E-state index in [0.717, 1.165) is 0 Å². The quantitative estimate of drug-likeness (QED) is 0.534. The molecule has 1 heterocycles. The fourth-order valence-electron chi connectivity index (χ4n) is 3.88. The van der Waals surface area contributed by atoms with Crippen molar-refractivity contribution >= 4 is 29.3 Å². The van der Waals surface area contributed by atoms with Gasteiger partial charge in [0.2, 0.25) is 0 Å². The van der Waals surface area contributed by atoms with Crippen molar-refractivity contribution in [2.24, 2.45) is 0 Å². The molecule has 2 aromatic carbocycles. The van der Waals surface area contributed by atoms with E-state index in [9.17, 15) is 14.7 Å². The fraction of sp³-hybridized carbons (Fsp3) is 0.417. The molecule has 1 aliphatic heterocycles. The van der Waals surface area contributed by atoms with Crippen molar-refractivity contribution in [3.8, 4) is 11.5 Å².